The second-order valence-electron chi connectivity index (χ2n) is 4.27. The molecule has 2 nitrogen and oxygen atoms in total. The number of carbonyl (C=O) groups excluding carboxylic acids is 1. The summed E-state index contributed by atoms with van der Waals surface area (Å²) < 4.78 is 0.969. The Balaban J connectivity index is 0.00000144. The number of halogens is 2. The molecule has 1 saturated heterocycles. The maximum absolute atomic E-state index is 12.0. The molecule has 1 aliphatic rings. The Kier molecular flexibility index (Phi) is 6.38. The molecule has 2 rings (SSSR count). The Labute approximate surface area is 121 Å². The summed E-state index contributed by atoms with van der Waals surface area (Å²) in [6.07, 6.45) is 3.76. The maximum Gasteiger partial charge on any atom is 0.176 e. The summed E-state index contributed by atoms with van der Waals surface area (Å²) >= 11 is 3.39. The fourth-order valence-electron chi connectivity index (χ4n) is 2.07. The number of rotatable bonds is 3. The molecule has 0 atom stereocenters. The lowest BCUT2D eigenvalue weighted by atomic mass is 10.1. The molecule has 0 aromatic heterocycles. The van der Waals surface area contributed by atoms with Gasteiger partial charge in [-0.15, -0.1) is 17.0 Å². The van der Waals surface area contributed by atoms with Crippen LogP contribution < -0.4 is 0 Å². The smallest absolute Gasteiger partial charge is 0.176 e. The summed E-state index contributed by atoms with van der Waals surface area (Å²) in [5.41, 5.74) is 0.806. The van der Waals surface area contributed by atoms with E-state index in [0.29, 0.717) is 6.54 Å². The van der Waals surface area contributed by atoms with Gasteiger partial charge in [-0.1, -0.05) is 34.5 Å². The number of carbonyl (C=O) groups is 1. The highest BCUT2D eigenvalue weighted by Crippen LogP contribution is 2.14. The SMILES string of the molecule is Br.O=C(CN1CCCCC1)c1cccc(Br)c1. The van der Waals surface area contributed by atoms with Crippen LogP contribution in [0.5, 0.6) is 0 Å². The monoisotopic (exact) mass is 361 g/mol. The second kappa shape index (κ2) is 7.29. The highest BCUT2D eigenvalue weighted by molar-refractivity contribution is 9.10. The van der Waals surface area contributed by atoms with Gasteiger partial charge < -0.3 is 0 Å². The molecule has 17 heavy (non-hydrogen) atoms. The summed E-state index contributed by atoms with van der Waals surface area (Å²) in [6.45, 7) is 2.70. The van der Waals surface area contributed by atoms with Gasteiger partial charge in [0.2, 0.25) is 0 Å². The summed E-state index contributed by atoms with van der Waals surface area (Å²) in [7, 11) is 0. The molecule has 1 heterocycles. The van der Waals surface area contributed by atoms with Gasteiger partial charge in [0.25, 0.3) is 0 Å². The molecule has 1 aromatic carbocycles. The van der Waals surface area contributed by atoms with Gasteiger partial charge in [-0.05, 0) is 38.1 Å². The first-order valence-corrected chi connectivity index (χ1v) is 6.56. The van der Waals surface area contributed by atoms with Crippen LogP contribution in [0.2, 0.25) is 0 Å². The molecular weight excluding hydrogens is 346 g/mol. The highest BCUT2D eigenvalue weighted by Gasteiger charge is 2.14. The Hall–Kier alpha value is -0.190. The Morgan fingerprint density at radius 2 is 1.94 bits per heavy atom. The maximum atomic E-state index is 12.0. The van der Waals surface area contributed by atoms with Crippen LogP contribution in [0.4, 0.5) is 0 Å². The first-order chi connectivity index (χ1) is 7.75. The first-order valence-electron chi connectivity index (χ1n) is 5.77. The summed E-state index contributed by atoms with van der Waals surface area (Å²) in [5, 5.41) is 0. The van der Waals surface area contributed by atoms with E-state index in [-0.39, 0.29) is 22.8 Å². The molecular formula is C13H17Br2NO. The van der Waals surface area contributed by atoms with Gasteiger partial charge >= 0.3 is 0 Å². The Morgan fingerprint density at radius 1 is 1.24 bits per heavy atom. The van der Waals surface area contributed by atoms with Crippen LogP contribution in [0.25, 0.3) is 0 Å². The fourth-order valence-corrected chi connectivity index (χ4v) is 2.47. The molecule has 0 saturated carbocycles. The van der Waals surface area contributed by atoms with Crippen LogP contribution in [0.3, 0.4) is 0 Å². The van der Waals surface area contributed by atoms with Crippen LogP contribution in [-0.4, -0.2) is 30.3 Å². The Bertz CT molecular complexity index is 375. The molecule has 94 valence electrons. The average molecular weight is 363 g/mol. The molecule has 1 aromatic rings. The molecule has 0 spiro atoms. The van der Waals surface area contributed by atoms with Crippen molar-refractivity contribution in [2.45, 2.75) is 19.3 Å². The minimum absolute atomic E-state index is 0. The molecule has 0 radical (unpaired) electrons. The van der Waals surface area contributed by atoms with E-state index in [4.69, 9.17) is 0 Å². The quantitative estimate of drug-likeness (QED) is 0.764. The van der Waals surface area contributed by atoms with Gasteiger partial charge in [0, 0.05) is 10.0 Å². The highest BCUT2D eigenvalue weighted by atomic mass is 79.9. The summed E-state index contributed by atoms with van der Waals surface area (Å²) in [6, 6.07) is 7.63. The number of hydrogen-bond acceptors (Lipinski definition) is 2. The third-order valence-electron chi connectivity index (χ3n) is 2.96. The number of hydrogen-bond donors (Lipinski definition) is 0. The van der Waals surface area contributed by atoms with Crippen LogP contribution in [0.1, 0.15) is 29.6 Å². The van der Waals surface area contributed by atoms with Gasteiger partial charge in [-0.3, -0.25) is 9.69 Å². The second-order valence-corrected chi connectivity index (χ2v) is 5.19. The molecule has 0 unspecified atom stereocenters. The van der Waals surface area contributed by atoms with Crippen molar-refractivity contribution in [3.05, 3.63) is 34.3 Å². The third-order valence-corrected chi connectivity index (χ3v) is 3.46. The van der Waals surface area contributed by atoms with E-state index in [0.717, 1.165) is 23.1 Å². The summed E-state index contributed by atoms with van der Waals surface area (Å²) in [5.74, 6) is 0.225. The van der Waals surface area contributed by atoms with Crippen LogP contribution in [0.15, 0.2) is 28.7 Å². The first kappa shape index (κ1) is 14.9. The van der Waals surface area contributed by atoms with Crippen LogP contribution in [-0.2, 0) is 0 Å². The predicted molar refractivity (Wildman–Crippen MR) is 79.1 cm³/mol. The third kappa shape index (κ3) is 4.53. The lowest BCUT2D eigenvalue weighted by Gasteiger charge is -2.25. The molecule has 1 aliphatic heterocycles. The lowest BCUT2D eigenvalue weighted by molar-refractivity contribution is 0.0915. The van der Waals surface area contributed by atoms with Gasteiger partial charge in [0.05, 0.1) is 6.54 Å². The fraction of sp³-hybridized carbons (Fsp3) is 0.462. The standard InChI is InChI=1S/C13H16BrNO.BrH/c14-12-6-4-5-11(9-12)13(16)10-15-7-2-1-3-8-15;/h4-6,9H,1-3,7-8,10H2;1H. The van der Waals surface area contributed by atoms with Crippen molar-refractivity contribution in [2.24, 2.45) is 0 Å². The molecule has 0 bridgehead atoms. The minimum atomic E-state index is 0. The molecule has 0 amide bonds. The lowest BCUT2D eigenvalue weighted by Crippen LogP contribution is -2.34. The van der Waals surface area contributed by atoms with E-state index in [9.17, 15) is 4.79 Å². The van der Waals surface area contributed by atoms with E-state index < -0.39 is 0 Å². The average Bonchev–Trinajstić information content (AvgIpc) is 2.30. The van der Waals surface area contributed by atoms with E-state index in [1.807, 2.05) is 24.3 Å². The van der Waals surface area contributed by atoms with E-state index in [1.165, 1.54) is 19.3 Å². The van der Waals surface area contributed by atoms with Crippen molar-refractivity contribution < 1.29 is 4.79 Å². The van der Waals surface area contributed by atoms with Crippen molar-refractivity contribution in [3.8, 4) is 0 Å². The zero-order valence-electron chi connectivity index (χ0n) is 9.69. The van der Waals surface area contributed by atoms with Crippen molar-refractivity contribution in [2.75, 3.05) is 19.6 Å². The number of ketones is 1. The molecule has 0 N–H and O–H groups in total. The Morgan fingerprint density at radius 3 is 2.59 bits per heavy atom. The van der Waals surface area contributed by atoms with Crippen molar-refractivity contribution in [1.29, 1.82) is 0 Å². The molecule has 1 fully saturated rings. The van der Waals surface area contributed by atoms with Crippen LogP contribution in [0, 0.1) is 0 Å². The van der Waals surface area contributed by atoms with Crippen molar-refractivity contribution >= 4 is 38.7 Å². The zero-order chi connectivity index (χ0) is 11.4. The normalized spacial score (nSPS) is 16.3. The van der Waals surface area contributed by atoms with Gasteiger partial charge in [-0.2, -0.15) is 0 Å². The van der Waals surface area contributed by atoms with Gasteiger partial charge in [0.1, 0.15) is 0 Å². The number of likely N-dealkylation sites (tertiary alicyclic amines) is 1. The molecule has 4 heteroatoms. The van der Waals surface area contributed by atoms with E-state index >= 15 is 0 Å². The minimum Gasteiger partial charge on any atom is -0.296 e. The van der Waals surface area contributed by atoms with E-state index in [2.05, 4.69) is 20.8 Å². The van der Waals surface area contributed by atoms with Crippen molar-refractivity contribution in [1.82, 2.24) is 4.90 Å². The summed E-state index contributed by atoms with van der Waals surface area (Å²) in [4.78, 5) is 14.3. The number of piperidine rings is 1. The van der Waals surface area contributed by atoms with Gasteiger partial charge in [-0.25, -0.2) is 0 Å². The number of nitrogens with zero attached hydrogens (tertiary/aromatic N) is 1. The van der Waals surface area contributed by atoms with E-state index in [1.54, 1.807) is 0 Å². The number of benzene rings is 1. The topological polar surface area (TPSA) is 20.3 Å². The van der Waals surface area contributed by atoms with Gasteiger partial charge in [0.15, 0.2) is 5.78 Å². The van der Waals surface area contributed by atoms with Crippen LogP contribution >= 0.6 is 32.9 Å². The molecule has 0 aliphatic carbocycles. The van der Waals surface area contributed by atoms with Crippen molar-refractivity contribution in [3.63, 3.8) is 0 Å². The zero-order valence-corrected chi connectivity index (χ0v) is 13.0. The number of Topliss-reactive ketones (excluding diaryl/α,β-unsaturated/α-hetero) is 1. The largest absolute Gasteiger partial charge is 0.296 e. The predicted octanol–water partition coefficient (Wildman–Crippen LogP) is 3.70.